The van der Waals surface area contributed by atoms with Crippen molar-refractivity contribution in [3.8, 4) is 11.3 Å². The van der Waals surface area contributed by atoms with Crippen molar-refractivity contribution in [3.05, 3.63) is 51.1 Å². The van der Waals surface area contributed by atoms with Crippen LogP contribution in [0.2, 0.25) is 15.2 Å². The van der Waals surface area contributed by atoms with Crippen LogP contribution >= 0.6 is 34.8 Å². The molecule has 0 spiro atoms. The minimum atomic E-state index is -0.956. The van der Waals surface area contributed by atoms with Crippen LogP contribution in [0.25, 0.3) is 11.3 Å². The molecular weight excluding hydrogens is 309 g/mol. The number of hydrogen-bond acceptors (Lipinski definition) is 2. The van der Waals surface area contributed by atoms with Crippen LogP contribution in [0.15, 0.2) is 30.3 Å². The first-order chi connectivity index (χ1) is 8.95. The first-order valence-corrected chi connectivity index (χ1v) is 6.43. The highest BCUT2D eigenvalue weighted by atomic mass is 35.5. The molecule has 0 aliphatic heterocycles. The highest BCUT2D eigenvalue weighted by Crippen LogP contribution is 2.27. The summed E-state index contributed by atoms with van der Waals surface area (Å²) in [6, 6.07) is 8.36. The van der Waals surface area contributed by atoms with E-state index in [-0.39, 0.29) is 11.6 Å². The van der Waals surface area contributed by atoms with Gasteiger partial charge in [0.1, 0.15) is 5.15 Å². The number of pyridine rings is 1. The van der Waals surface area contributed by atoms with Crippen molar-refractivity contribution in [2.24, 2.45) is 0 Å². The van der Waals surface area contributed by atoms with E-state index < -0.39 is 5.97 Å². The van der Waals surface area contributed by atoms with Crippen molar-refractivity contribution >= 4 is 40.8 Å². The Morgan fingerprint density at radius 1 is 1.11 bits per heavy atom. The van der Waals surface area contributed by atoms with Crippen molar-refractivity contribution in [3.63, 3.8) is 0 Å². The zero-order chi connectivity index (χ0) is 14.0. The van der Waals surface area contributed by atoms with E-state index in [2.05, 4.69) is 4.98 Å². The number of aliphatic carboxylic acids is 1. The van der Waals surface area contributed by atoms with Gasteiger partial charge in [0.15, 0.2) is 0 Å². The fraction of sp³-hybridized carbons (Fsp3) is 0.0769. The second kappa shape index (κ2) is 5.78. The van der Waals surface area contributed by atoms with Gasteiger partial charge in [0.05, 0.1) is 12.1 Å². The Bertz CT molecular complexity index is 624. The first-order valence-electron chi connectivity index (χ1n) is 5.29. The normalized spacial score (nSPS) is 10.5. The van der Waals surface area contributed by atoms with Crippen LogP contribution in [0.5, 0.6) is 0 Å². The van der Waals surface area contributed by atoms with Crippen molar-refractivity contribution < 1.29 is 9.90 Å². The van der Waals surface area contributed by atoms with Gasteiger partial charge in [0.25, 0.3) is 0 Å². The lowest BCUT2D eigenvalue weighted by atomic mass is 10.1. The number of aromatic nitrogens is 1. The van der Waals surface area contributed by atoms with Crippen molar-refractivity contribution in [2.75, 3.05) is 0 Å². The minimum absolute atomic E-state index is 0.163. The van der Waals surface area contributed by atoms with Crippen molar-refractivity contribution in [1.82, 2.24) is 4.98 Å². The van der Waals surface area contributed by atoms with E-state index >= 15 is 0 Å². The van der Waals surface area contributed by atoms with E-state index in [1.807, 2.05) is 0 Å². The molecule has 0 aliphatic carbocycles. The number of benzene rings is 1. The van der Waals surface area contributed by atoms with Crippen LogP contribution in [0.1, 0.15) is 5.56 Å². The van der Waals surface area contributed by atoms with Crippen LogP contribution in [0.3, 0.4) is 0 Å². The third kappa shape index (κ3) is 3.60. The monoisotopic (exact) mass is 315 g/mol. The molecule has 0 unspecified atom stereocenters. The lowest BCUT2D eigenvalue weighted by Crippen LogP contribution is -2.01. The number of nitrogens with zero attached hydrogens (tertiary/aromatic N) is 1. The maximum atomic E-state index is 10.6. The second-order valence-corrected chi connectivity index (χ2v) is 5.11. The van der Waals surface area contributed by atoms with Gasteiger partial charge in [-0.1, -0.05) is 40.9 Å². The molecule has 19 heavy (non-hydrogen) atoms. The molecule has 1 aromatic heterocycles. The summed E-state index contributed by atoms with van der Waals surface area (Å²) in [6.07, 6.45) is -0.164. The second-order valence-electron chi connectivity index (χ2n) is 3.88. The predicted octanol–water partition coefficient (Wildman–Crippen LogP) is 4.34. The quantitative estimate of drug-likeness (QED) is 0.857. The van der Waals surface area contributed by atoms with Crippen LogP contribution in [-0.2, 0) is 11.2 Å². The SMILES string of the molecule is O=C(O)Cc1ccc(-c2cc(Cl)cc(Cl)c2)nc1Cl. The number of carboxylic acids is 1. The Morgan fingerprint density at radius 2 is 1.74 bits per heavy atom. The van der Waals surface area contributed by atoms with Crippen molar-refractivity contribution in [1.29, 1.82) is 0 Å². The molecule has 0 bridgehead atoms. The summed E-state index contributed by atoms with van der Waals surface area (Å²) in [5, 5.41) is 9.88. The van der Waals surface area contributed by atoms with Crippen molar-refractivity contribution in [2.45, 2.75) is 6.42 Å². The number of carboxylic acid groups (broad SMARTS) is 1. The average molecular weight is 317 g/mol. The number of carbonyl (C=O) groups is 1. The van der Waals surface area contributed by atoms with E-state index in [4.69, 9.17) is 39.9 Å². The molecule has 0 fully saturated rings. The zero-order valence-corrected chi connectivity index (χ0v) is 11.8. The highest BCUT2D eigenvalue weighted by molar-refractivity contribution is 6.35. The topological polar surface area (TPSA) is 50.2 Å². The lowest BCUT2D eigenvalue weighted by molar-refractivity contribution is -0.136. The van der Waals surface area contributed by atoms with Gasteiger partial charge in [-0.2, -0.15) is 0 Å². The van der Waals surface area contributed by atoms with Crippen LogP contribution in [-0.4, -0.2) is 16.1 Å². The zero-order valence-electron chi connectivity index (χ0n) is 9.53. The molecule has 3 nitrogen and oxygen atoms in total. The minimum Gasteiger partial charge on any atom is -0.481 e. The van der Waals surface area contributed by atoms with Gasteiger partial charge in [-0.25, -0.2) is 4.98 Å². The van der Waals surface area contributed by atoms with Gasteiger partial charge >= 0.3 is 5.97 Å². The molecule has 1 N–H and O–H groups in total. The van der Waals surface area contributed by atoms with Gasteiger partial charge in [-0.3, -0.25) is 4.79 Å². The van der Waals surface area contributed by atoms with Crippen LogP contribution in [0.4, 0.5) is 0 Å². The molecule has 0 aliphatic rings. The maximum Gasteiger partial charge on any atom is 0.307 e. The molecule has 6 heteroatoms. The van der Waals surface area contributed by atoms with Gasteiger partial charge in [-0.15, -0.1) is 0 Å². The molecule has 98 valence electrons. The van der Waals surface area contributed by atoms with Gasteiger partial charge in [-0.05, 0) is 24.3 Å². The standard InChI is InChI=1S/C13H8Cl3NO2/c14-9-3-8(4-10(15)6-9)11-2-1-7(5-12(18)19)13(16)17-11/h1-4,6H,5H2,(H,18,19). The smallest absolute Gasteiger partial charge is 0.307 e. The lowest BCUT2D eigenvalue weighted by Gasteiger charge is -2.06. The molecule has 1 heterocycles. The number of halogens is 3. The largest absolute Gasteiger partial charge is 0.481 e. The maximum absolute atomic E-state index is 10.6. The van der Waals surface area contributed by atoms with Crippen LogP contribution in [0, 0.1) is 0 Å². The Kier molecular flexibility index (Phi) is 4.30. The van der Waals surface area contributed by atoms with E-state index in [0.29, 0.717) is 21.3 Å². The Labute approximate surface area is 124 Å². The molecule has 0 saturated heterocycles. The molecule has 1 aromatic carbocycles. The predicted molar refractivity (Wildman–Crippen MR) is 76.0 cm³/mol. The van der Waals surface area contributed by atoms with Crippen LogP contribution < -0.4 is 0 Å². The summed E-state index contributed by atoms with van der Waals surface area (Å²) in [5.41, 5.74) is 1.77. The summed E-state index contributed by atoms with van der Waals surface area (Å²) in [7, 11) is 0. The highest BCUT2D eigenvalue weighted by Gasteiger charge is 2.09. The number of hydrogen-bond donors (Lipinski definition) is 1. The van der Waals surface area contributed by atoms with Gasteiger partial charge < -0.3 is 5.11 Å². The molecule has 2 aromatic rings. The molecule has 0 saturated carbocycles. The van der Waals surface area contributed by atoms with E-state index in [9.17, 15) is 4.79 Å². The molecular formula is C13H8Cl3NO2. The fourth-order valence-corrected chi connectivity index (χ4v) is 2.37. The summed E-state index contributed by atoms with van der Waals surface area (Å²) < 4.78 is 0. The summed E-state index contributed by atoms with van der Waals surface area (Å²) in [6.45, 7) is 0. The average Bonchev–Trinajstić information content (AvgIpc) is 2.30. The van der Waals surface area contributed by atoms with Gasteiger partial charge in [0, 0.05) is 21.2 Å². The summed E-state index contributed by atoms with van der Waals surface area (Å²) in [4.78, 5) is 14.8. The molecule has 0 atom stereocenters. The third-order valence-electron chi connectivity index (χ3n) is 2.43. The van der Waals surface area contributed by atoms with E-state index in [0.717, 1.165) is 5.56 Å². The molecule has 0 amide bonds. The number of rotatable bonds is 3. The molecule has 0 radical (unpaired) electrons. The first kappa shape index (κ1) is 14.1. The Hall–Kier alpha value is -1.29. The fourth-order valence-electron chi connectivity index (χ4n) is 1.62. The summed E-state index contributed by atoms with van der Waals surface area (Å²) in [5.74, 6) is -0.956. The van der Waals surface area contributed by atoms with E-state index in [1.165, 1.54) is 0 Å². The Balaban J connectivity index is 2.41. The third-order valence-corrected chi connectivity index (χ3v) is 3.19. The molecule has 2 rings (SSSR count). The van der Waals surface area contributed by atoms with E-state index in [1.54, 1.807) is 30.3 Å². The van der Waals surface area contributed by atoms with Gasteiger partial charge in [0.2, 0.25) is 0 Å². The Morgan fingerprint density at radius 3 is 2.26 bits per heavy atom. The summed E-state index contributed by atoms with van der Waals surface area (Å²) >= 11 is 17.8.